The van der Waals surface area contributed by atoms with Gasteiger partial charge < -0.3 is 9.47 Å². The topological polar surface area (TPSA) is 55.9 Å². The van der Waals surface area contributed by atoms with Gasteiger partial charge in [-0.05, 0) is 32.1 Å². The molecule has 0 unspecified atom stereocenters. The Morgan fingerprint density at radius 3 is 2.64 bits per heavy atom. The number of hydrogen-bond donors (Lipinski definition) is 0. The van der Waals surface area contributed by atoms with Crippen molar-refractivity contribution in [3.63, 3.8) is 0 Å². The fraction of sp³-hybridized carbons (Fsp3) is 0.619. The first-order valence-electron chi connectivity index (χ1n) is 9.59. The number of ketones is 1. The van der Waals surface area contributed by atoms with Crippen molar-refractivity contribution in [1.82, 2.24) is 0 Å². The first-order valence-corrected chi connectivity index (χ1v) is 9.59. The van der Waals surface area contributed by atoms with E-state index in [-0.39, 0.29) is 17.7 Å². The lowest BCUT2D eigenvalue weighted by molar-refractivity contribution is -0.140. The molecule has 0 spiro atoms. The molecule has 4 heteroatoms. The van der Waals surface area contributed by atoms with Gasteiger partial charge in [0.2, 0.25) is 11.5 Å². The molecular weight excluding hydrogens is 316 g/mol. The van der Waals surface area contributed by atoms with Crippen LogP contribution in [0, 0.1) is 5.92 Å². The lowest BCUT2D eigenvalue weighted by atomic mass is 9.97. The van der Waals surface area contributed by atoms with Gasteiger partial charge in [-0.25, -0.2) is 0 Å². The number of carbonyl (C=O) groups is 2. The van der Waals surface area contributed by atoms with Crippen LogP contribution in [0.5, 0.6) is 0 Å². The zero-order valence-electron chi connectivity index (χ0n) is 15.5. The normalized spacial score (nSPS) is 20.3. The summed E-state index contributed by atoms with van der Waals surface area (Å²) in [6.45, 7) is 2.21. The minimum Gasteiger partial charge on any atom is -0.469 e. The molecule has 0 aromatic carbocycles. The van der Waals surface area contributed by atoms with Crippen LogP contribution in [0.2, 0.25) is 0 Å². The van der Waals surface area contributed by atoms with E-state index in [4.69, 9.17) is 4.74 Å². The number of ether oxygens (including phenoxy) is 2. The first-order chi connectivity index (χ1) is 12.2. The molecule has 138 valence electrons. The molecule has 1 heterocycles. The number of Topliss-reactive ketones (excluding diaryl/α,β-unsaturated/α-hetero) is 1. The van der Waals surface area contributed by atoms with Gasteiger partial charge in [0.25, 0.3) is 0 Å². The van der Waals surface area contributed by atoms with Crippen molar-refractivity contribution in [2.75, 3.05) is 7.11 Å². The Morgan fingerprint density at radius 2 is 1.88 bits per heavy atom. The van der Waals surface area contributed by atoms with E-state index in [0.717, 1.165) is 43.4 Å². The number of unbranched alkanes of at least 4 members (excludes halogenated alkanes) is 7. The van der Waals surface area contributed by atoms with Crippen molar-refractivity contribution in [3.8, 4) is 0 Å². The molecule has 0 amide bonds. The summed E-state index contributed by atoms with van der Waals surface area (Å²) in [4.78, 5) is 23.3. The summed E-state index contributed by atoms with van der Waals surface area (Å²) in [5.41, 5.74) is 0.869. The lowest BCUT2D eigenvalue weighted by Crippen LogP contribution is -2.08. The van der Waals surface area contributed by atoms with Crippen molar-refractivity contribution < 1.29 is 19.1 Å². The van der Waals surface area contributed by atoms with Crippen molar-refractivity contribution >= 4 is 11.8 Å². The van der Waals surface area contributed by atoms with E-state index < -0.39 is 0 Å². The maximum absolute atomic E-state index is 12.2. The van der Waals surface area contributed by atoms with Crippen molar-refractivity contribution in [3.05, 3.63) is 35.3 Å². The Balaban J connectivity index is 1.73. The molecule has 4 nitrogen and oxygen atoms in total. The fourth-order valence-electron chi connectivity index (χ4n) is 3.14. The SMILES string of the molecule is CCCCCCC=C[C@H]1C(=CCCCCCC(=O)OC)C(=O)C2=C1O2. The van der Waals surface area contributed by atoms with Crippen LogP contribution in [-0.4, -0.2) is 18.9 Å². The van der Waals surface area contributed by atoms with E-state index in [1.165, 1.54) is 32.8 Å². The van der Waals surface area contributed by atoms with Crippen LogP contribution in [0.4, 0.5) is 0 Å². The highest BCUT2D eigenvalue weighted by Crippen LogP contribution is 2.47. The molecule has 0 saturated carbocycles. The predicted octanol–water partition coefficient (Wildman–Crippen LogP) is 5.00. The summed E-state index contributed by atoms with van der Waals surface area (Å²) in [6, 6.07) is 0. The second-order valence-corrected chi connectivity index (χ2v) is 6.71. The summed E-state index contributed by atoms with van der Waals surface area (Å²) < 4.78 is 9.96. The van der Waals surface area contributed by atoms with E-state index in [2.05, 4.69) is 29.9 Å². The van der Waals surface area contributed by atoms with E-state index in [1.807, 2.05) is 0 Å². The highest BCUT2D eigenvalue weighted by Gasteiger charge is 2.48. The molecule has 0 radical (unpaired) electrons. The molecule has 2 rings (SSSR count). The van der Waals surface area contributed by atoms with Crippen LogP contribution >= 0.6 is 0 Å². The standard InChI is InChI=1S/C21H30O4/c1-3-4-5-6-7-11-14-17-16(19(23)21-20(17)25-21)13-10-8-9-12-15-18(22)24-2/h11,13-14,17H,3-10,12,15H2,1-2H3/t17-/m0/s1. The van der Waals surface area contributed by atoms with E-state index in [1.54, 1.807) is 0 Å². The van der Waals surface area contributed by atoms with Crippen LogP contribution < -0.4 is 0 Å². The van der Waals surface area contributed by atoms with Crippen LogP contribution in [0.3, 0.4) is 0 Å². The average molecular weight is 346 g/mol. The molecular formula is C21H30O4. The molecule has 1 atom stereocenters. The molecule has 0 aromatic rings. The highest BCUT2D eigenvalue weighted by molar-refractivity contribution is 6.14. The summed E-state index contributed by atoms with van der Waals surface area (Å²) in [7, 11) is 1.42. The van der Waals surface area contributed by atoms with Crippen LogP contribution in [0.1, 0.15) is 71.1 Å². The minimum absolute atomic E-state index is 0.0312. The third kappa shape index (κ3) is 5.87. The second-order valence-electron chi connectivity index (χ2n) is 6.71. The number of carbonyl (C=O) groups excluding carboxylic acids is 2. The van der Waals surface area contributed by atoms with E-state index in [9.17, 15) is 9.59 Å². The number of rotatable bonds is 12. The quantitative estimate of drug-likeness (QED) is 0.216. The molecule has 1 aliphatic carbocycles. The smallest absolute Gasteiger partial charge is 0.305 e. The number of esters is 1. The van der Waals surface area contributed by atoms with Gasteiger partial charge in [0.05, 0.1) is 13.0 Å². The third-order valence-electron chi connectivity index (χ3n) is 4.71. The first kappa shape index (κ1) is 19.5. The number of methoxy groups -OCH3 is 1. The average Bonchev–Trinajstić information content (AvgIpc) is 3.36. The molecule has 0 fully saturated rings. The third-order valence-corrected chi connectivity index (χ3v) is 4.71. The zero-order valence-corrected chi connectivity index (χ0v) is 15.5. The summed E-state index contributed by atoms with van der Waals surface area (Å²) in [5.74, 6) is 1.36. The number of hydrogen-bond acceptors (Lipinski definition) is 4. The minimum atomic E-state index is -0.154. The summed E-state index contributed by atoms with van der Waals surface area (Å²) >= 11 is 0. The van der Waals surface area contributed by atoms with Gasteiger partial charge in [-0.1, -0.05) is 50.8 Å². The Labute approximate surface area is 151 Å². The van der Waals surface area contributed by atoms with E-state index >= 15 is 0 Å². The van der Waals surface area contributed by atoms with Crippen LogP contribution in [0.25, 0.3) is 0 Å². The van der Waals surface area contributed by atoms with E-state index in [0.29, 0.717) is 12.2 Å². The van der Waals surface area contributed by atoms with Crippen LogP contribution in [-0.2, 0) is 19.1 Å². The van der Waals surface area contributed by atoms with Gasteiger partial charge in [-0.15, -0.1) is 0 Å². The van der Waals surface area contributed by atoms with Gasteiger partial charge in [-0.2, -0.15) is 0 Å². The maximum Gasteiger partial charge on any atom is 0.305 e. The lowest BCUT2D eigenvalue weighted by Gasteiger charge is -2.09. The molecule has 0 aromatic heterocycles. The monoisotopic (exact) mass is 346 g/mol. The second kappa shape index (κ2) is 10.2. The van der Waals surface area contributed by atoms with Crippen LogP contribution in [0.15, 0.2) is 35.3 Å². The van der Waals surface area contributed by atoms with Crippen molar-refractivity contribution in [1.29, 1.82) is 0 Å². The summed E-state index contributed by atoms with van der Waals surface area (Å²) in [6.07, 6.45) is 16.6. The number of allylic oxidation sites excluding steroid dienone is 4. The zero-order chi connectivity index (χ0) is 18.1. The highest BCUT2D eigenvalue weighted by atomic mass is 16.6. The van der Waals surface area contributed by atoms with Crippen molar-refractivity contribution in [2.24, 2.45) is 5.92 Å². The van der Waals surface area contributed by atoms with Gasteiger partial charge in [0.15, 0.2) is 5.76 Å². The Kier molecular flexibility index (Phi) is 7.96. The summed E-state index contributed by atoms with van der Waals surface area (Å²) in [5, 5.41) is 0. The Bertz CT molecular complexity index is 568. The predicted molar refractivity (Wildman–Crippen MR) is 97.7 cm³/mol. The van der Waals surface area contributed by atoms with Crippen molar-refractivity contribution in [2.45, 2.75) is 71.1 Å². The largest absolute Gasteiger partial charge is 0.469 e. The Morgan fingerprint density at radius 1 is 1.12 bits per heavy atom. The van der Waals surface area contributed by atoms with Gasteiger partial charge in [-0.3, -0.25) is 9.59 Å². The maximum atomic E-state index is 12.2. The molecule has 1 aliphatic heterocycles. The van der Waals surface area contributed by atoms with Gasteiger partial charge >= 0.3 is 5.97 Å². The van der Waals surface area contributed by atoms with Gasteiger partial charge in [0, 0.05) is 12.0 Å². The fourth-order valence-corrected chi connectivity index (χ4v) is 3.14. The molecule has 0 N–H and O–H groups in total. The molecule has 25 heavy (non-hydrogen) atoms. The molecule has 0 bridgehead atoms. The Hall–Kier alpha value is -1.84. The molecule has 0 saturated heterocycles. The molecule has 2 aliphatic rings. The van der Waals surface area contributed by atoms with Gasteiger partial charge in [0.1, 0.15) is 0 Å².